The number of fused-ring (bicyclic) bond motifs is 1. The van der Waals surface area contributed by atoms with E-state index in [0.29, 0.717) is 6.04 Å². The van der Waals surface area contributed by atoms with Crippen LogP contribution in [0.2, 0.25) is 0 Å². The van der Waals surface area contributed by atoms with Gasteiger partial charge in [0.05, 0.1) is 5.52 Å². The molecule has 1 aliphatic rings. The summed E-state index contributed by atoms with van der Waals surface area (Å²) in [7, 11) is 0. The van der Waals surface area contributed by atoms with Gasteiger partial charge in [0.1, 0.15) is 12.1 Å². The summed E-state index contributed by atoms with van der Waals surface area (Å²) in [5.74, 6) is 3.52. The van der Waals surface area contributed by atoms with E-state index in [1.54, 1.807) is 6.33 Å². The lowest BCUT2D eigenvalue weighted by atomic mass is 10.1. The van der Waals surface area contributed by atoms with Crippen molar-refractivity contribution in [2.75, 3.05) is 23.0 Å². The molecule has 3 nitrogen and oxygen atoms in total. The molecule has 0 saturated carbocycles. The quantitative estimate of drug-likeness (QED) is 0.702. The van der Waals surface area contributed by atoms with E-state index in [1.165, 1.54) is 26.9 Å². The number of nitrogens with zero attached hydrogens (tertiary/aromatic N) is 3. The standard InChI is InChI=1S/C14H16IN3S/c1-10-4-6-19-7-5-18(10)14-12-8-11(15)2-3-13(12)16-9-17-14/h2-3,8-10H,4-7H2,1H3. The first-order valence-corrected chi connectivity index (χ1v) is 8.74. The minimum Gasteiger partial charge on any atom is -0.352 e. The molecular weight excluding hydrogens is 369 g/mol. The van der Waals surface area contributed by atoms with Crippen molar-refractivity contribution in [1.29, 1.82) is 0 Å². The van der Waals surface area contributed by atoms with Crippen LogP contribution in [0, 0.1) is 3.57 Å². The van der Waals surface area contributed by atoms with Crippen LogP contribution in [-0.2, 0) is 0 Å². The Hall–Kier alpha value is -0.560. The van der Waals surface area contributed by atoms with Gasteiger partial charge in [0, 0.05) is 27.3 Å². The average Bonchev–Trinajstić information content (AvgIpc) is 2.63. The molecule has 1 saturated heterocycles. The maximum atomic E-state index is 4.57. The van der Waals surface area contributed by atoms with E-state index in [-0.39, 0.29) is 0 Å². The molecule has 0 bridgehead atoms. The Kier molecular flexibility index (Phi) is 4.12. The van der Waals surface area contributed by atoms with Crippen LogP contribution >= 0.6 is 34.4 Å². The number of hydrogen-bond acceptors (Lipinski definition) is 4. The van der Waals surface area contributed by atoms with Crippen molar-refractivity contribution in [3.8, 4) is 0 Å². The maximum Gasteiger partial charge on any atom is 0.140 e. The van der Waals surface area contributed by atoms with Gasteiger partial charge >= 0.3 is 0 Å². The van der Waals surface area contributed by atoms with Crippen molar-refractivity contribution in [2.24, 2.45) is 0 Å². The minimum absolute atomic E-state index is 0.547. The number of rotatable bonds is 1. The van der Waals surface area contributed by atoms with E-state index >= 15 is 0 Å². The van der Waals surface area contributed by atoms with Crippen molar-refractivity contribution in [1.82, 2.24) is 9.97 Å². The van der Waals surface area contributed by atoms with Gasteiger partial charge < -0.3 is 4.90 Å². The van der Waals surface area contributed by atoms with Gasteiger partial charge in [-0.05, 0) is 59.9 Å². The Bertz CT molecular complexity index is 590. The van der Waals surface area contributed by atoms with Crippen molar-refractivity contribution in [2.45, 2.75) is 19.4 Å². The van der Waals surface area contributed by atoms with Gasteiger partial charge in [0.25, 0.3) is 0 Å². The first-order chi connectivity index (χ1) is 9.25. The molecule has 5 heteroatoms. The van der Waals surface area contributed by atoms with Crippen LogP contribution in [0.1, 0.15) is 13.3 Å². The highest BCUT2D eigenvalue weighted by molar-refractivity contribution is 14.1. The van der Waals surface area contributed by atoms with Crippen LogP contribution in [0.15, 0.2) is 24.5 Å². The molecule has 1 unspecified atom stereocenters. The first kappa shape index (κ1) is 13.4. The van der Waals surface area contributed by atoms with Gasteiger partial charge in [-0.3, -0.25) is 0 Å². The summed E-state index contributed by atoms with van der Waals surface area (Å²) >= 11 is 4.39. The fourth-order valence-electron chi connectivity index (χ4n) is 2.45. The molecule has 3 rings (SSSR count). The molecule has 1 fully saturated rings. The Morgan fingerprint density at radius 3 is 3.11 bits per heavy atom. The second-order valence-electron chi connectivity index (χ2n) is 4.80. The molecule has 100 valence electrons. The monoisotopic (exact) mass is 385 g/mol. The van der Waals surface area contributed by atoms with Crippen LogP contribution in [0.5, 0.6) is 0 Å². The predicted octanol–water partition coefficient (Wildman–Crippen LogP) is 3.57. The summed E-state index contributed by atoms with van der Waals surface area (Å²) in [6.07, 6.45) is 2.91. The van der Waals surface area contributed by atoms with E-state index in [4.69, 9.17) is 0 Å². The molecule has 1 aromatic heterocycles. The Balaban J connectivity index is 2.10. The number of anilines is 1. The second kappa shape index (κ2) is 5.83. The molecule has 0 aliphatic carbocycles. The van der Waals surface area contributed by atoms with Crippen molar-refractivity contribution < 1.29 is 0 Å². The number of aromatic nitrogens is 2. The van der Waals surface area contributed by atoms with E-state index in [2.05, 4.69) is 62.6 Å². The highest BCUT2D eigenvalue weighted by Crippen LogP contribution is 2.28. The zero-order valence-corrected chi connectivity index (χ0v) is 13.8. The molecule has 0 amide bonds. The molecule has 2 heterocycles. The van der Waals surface area contributed by atoms with Crippen LogP contribution in [0.3, 0.4) is 0 Å². The van der Waals surface area contributed by atoms with E-state index in [0.717, 1.165) is 17.9 Å². The third-order valence-electron chi connectivity index (χ3n) is 3.54. The normalized spacial score (nSPS) is 20.5. The predicted molar refractivity (Wildman–Crippen MR) is 91.0 cm³/mol. The van der Waals surface area contributed by atoms with Gasteiger partial charge in [-0.25, -0.2) is 9.97 Å². The lowest BCUT2D eigenvalue weighted by Crippen LogP contribution is -2.34. The highest BCUT2D eigenvalue weighted by atomic mass is 127. The minimum atomic E-state index is 0.547. The first-order valence-electron chi connectivity index (χ1n) is 6.50. The Morgan fingerprint density at radius 2 is 2.21 bits per heavy atom. The van der Waals surface area contributed by atoms with Gasteiger partial charge in [0.15, 0.2) is 0 Å². The van der Waals surface area contributed by atoms with E-state index < -0.39 is 0 Å². The molecule has 0 radical (unpaired) electrons. The number of hydrogen-bond donors (Lipinski definition) is 0. The third-order valence-corrected chi connectivity index (χ3v) is 5.20. The largest absolute Gasteiger partial charge is 0.352 e. The molecular formula is C14H16IN3S. The van der Waals surface area contributed by atoms with Crippen molar-refractivity contribution in [3.05, 3.63) is 28.1 Å². The van der Waals surface area contributed by atoms with Crippen LogP contribution in [-0.4, -0.2) is 34.1 Å². The molecule has 1 aliphatic heterocycles. The highest BCUT2D eigenvalue weighted by Gasteiger charge is 2.20. The molecule has 2 aromatic rings. The number of thioether (sulfide) groups is 1. The third kappa shape index (κ3) is 2.81. The fraction of sp³-hybridized carbons (Fsp3) is 0.429. The molecule has 0 spiro atoms. The van der Waals surface area contributed by atoms with Crippen molar-refractivity contribution >= 4 is 51.1 Å². The zero-order valence-electron chi connectivity index (χ0n) is 10.8. The summed E-state index contributed by atoms with van der Waals surface area (Å²) in [5, 5.41) is 1.17. The van der Waals surface area contributed by atoms with Gasteiger partial charge in [-0.15, -0.1) is 0 Å². The maximum absolute atomic E-state index is 4.57. The summed E-state index contributed by atoms with van der Waals surface area (Å²) < 4.78 is 1.23. The van der Waals surface area contributed by atoms with Crippen LogP contribution < -0.4 is 4.90 Å². The van der Waals surface area contributed by atoms with Gasteiger partial charge in [0.2, 0.25) is 0 Å². The van der Waals surface area contributed by atoms with Crippen LogP contribution in [0.25, 0.3) is 10.9 Å². The summed E-state index contributed by atoms with van der Waals surface area (Å²) in [6.45, 7) is 3.37. The lowest BCUT2D eigenvalue weighted by Gasteiger charge is -2.28. The molecule has 19 heavy (non-hydrogen) atoms. The van der Waals surface area contributed by atoms with Crippen LogP contribution in [0.4, 0.5) is 5.82 Å². The number of benzene rings is 1. The average molecular weight is 385 g/mol. The van der Waals surface area contributed by atoms with Gasteiger partial charge in [-0.1, -0.05) is 0 Å². The Labute approximate surface area is 131 Å². The van der Waals surface area contributed by atoms with E-state index in [1.807, 2.05) is 11.8 Å². The number of halogens is 1. The van der Waals surface area contributed by atoms with E-state index in [9.17, 15) is 0 Å². The fourth-order valence-corrected chi connectivity index (χ4v) is 3.98. The summed E-state index contributed by atoms with van der Waals surface area (Å²) in [5.41, 5.74) is 1.04. The summed E-state index contributed by atoms with van der Waals surface area (Å²) in [6, 6.07) is 6.92. The Morgan fingerprint density at radius 1 is 1.32 bits per heavy atom. The topological polar surface area (TPSA) is 29.0 Å². The molecule has 1 atom stereocenters. The summed E-state index contributed by atoms with van der Waals surface area (Å²) in [4.78, 5) is 11.4. The lowest BCUT2D eigenvalue weighted by molar-refractivity contribution is 0.640. The zero-order chi connectivity index (χ0) is 13.2. The van der Waals surface area contributed by atoms with Crippen molar-refractivity contribution in [3.63, 3.8) is 0 Å². The SMILES string of the molecule is CC1CCSCCN1c1ncnc2ccc(I)cc12. The molecule has 0 N–H and O–H groups in total. The molecule has 1 aromatic carbocycles. The van der Waals surface area contributed by atoms with Gasteiger partial charge in [-0.2, -0.15) is 11.8 Å². The second-order valence-corrected chi connectivity index (χ2v) is 7.27. The smallest absolute Gasteiger partial charge is 0.140 e.